The minimum Gasteiger partial charge on any atom is -0.497 e. The molecule has 3 aromatic carbocycles. The molecule has 0 aliphatic heterocycles. The van der Waals surface area contributed by atoms with E-state index in [9.17, 15) is 0 Å². The third-order valence-corrected chi connectivity index (χ3v) is 4.31. The smallest absolute Gasteiger partial charge is 0.150 e. The number of benzene rings is 3. The largest absolute Gasteiger partial charge is 0.497 e. The van der Waals surface area contributed by atoms with E-state index < -0.39 is 0 Å². The fourth-order valence-electron chi connectivity index (χ4n) is 2.80. The molecule has 0 heterocycles. The number of rotatable bonds is 6. The Morgan fingerprint density at radius 3 is 2.25 bits per heavy atom. The molecule has 3 rings (SSSR count). The predicted octanol–water partition coefficient (Wildman–Crippen LogP) is 3.28. The Morgan fingerprint density at radius 1 is 0.893 bits per heavy atom. The van der Waals surface area contributed by atoms with E-state index in [4.69, 9.17) is 26.8 Å². The predicted molar refractivity (Wildman–Crippen MR) is 114 cm³/mol. The highest BCUT2D eigenvalue weighted by molar-refractivity contribution is 5.99. The summed E-state index contributed by atoms with van der Waals surface area (Å²) >= 11 is 0. The van der Waals surface area contributed by atoms with Crippen LogP contribution in [0.25, 0.3) is 11.1 Å². The first-order chi connectivity index (χ1) is 13.5. The summed E-state index contributed by atoms with van der Waals surface area (Å²) in [7, 11) is 3.26. The van der Waals surface area contributed by atoms with Crippen molar-refractivity contribution in [1.82, 2.24) is 0 Å². The summed E-state index contributed by atoms with van der Waals surface area (Å²) in [6.07, 6.45) is 0. The minimum atomic E-state index is 0.236. The maximum Gasteiger partial charge on any atom is 0.150 e. The molecule has 0 unspecified atom stereocenters. The van der Waals surface area contributed by atoms with E-state index in [2.05, 4.69) is 10.4 Å². The van der Waals surface area contributed by atoms with Crippen LogP contribution in [0.15, 0.2) is 65.8 Å². The molecule has 0 saturated heterocycles. The quantitative estimate of drug-likeness (QED) is 0.172. The SMILES string of the molecule is COc1cc(OC)cc(-c2cccc(Nc3cc(/C(N)=N/N)ccc3N)c2)c1. The summed E-state index contributed by atoms with van der Waals surface area (Å²) in [5, 5.41) is 6.85. The van der Waals surface area contributed by atoms with E-state index in [1.54, 1.807) is 26.4 Å². The van der Waals surface area contributed by atoms with Crippen molar-refractivity contribution in [1.29, 1.82) is 0 Å². The van der Waals surface area contributed by atoms with Gasteiger partial charge in [-0.2, -0.15) is 5.10 Å². The van der Waals surface area contributed by atoms with Gasteiger partial charge in [-0.25, -0.2) is 0 Å². The lowest BCUT2D eigenvalue weighted by molar-refractivity contribution is 0.394. The zero-order valence-corrected chi connectivity index (χ0v) is 15.8. The molecule has 0 aromatic heterocycles. The van der Waals surface area contributed by atoms with Crippen LogP contribution < -0.4 is 32.1 Å². The number of methoxy groups -OCH3 is 2. The number of ether oxygens (including phenoxy) is 2. The molecular formula is C21H23N5O2. The van der Waals surface area contributed by atoms with Crippen LogP contribution >= 0.6 is 0 Å². The summed E-state index contributed by atoms with van der Waals surface area (Å²) in [5.41, 5.74) is 16.7. The van der Waals surface area contributed by atoms with Gasteiger partial charge in [0.1, 0.15) is 17.3 Å². The van der Waals surface area contributed by atoms with E-state index in [1.807, 2.05) is 48.5 Å². The Hall–Kier alpha value is -3.87. The molecule has 144 valence electrons. The zero-order chi connectivity index (χ0) is 20.1. The molecule has 0 saturated carbocycles. The van der Waals surface area contributed by atoms with Gasteiger partial charge in [0, 0.05) is 17.3 Å². The number of nitrogen functional groups attached to an aromatic ring is 1. The van der Waals surface area contributed by atoms with Gasteiger partial charge in [-0.15, -0.1) is 0 Å². The summed E-state index contributed by atoms with van der Waals surface area (Å²) < 4.78 is 10.7. The number of nitrogens with two attached hydrogens (primary N) is 3. The highest BCUT2D eigenvalue weighted by atomic mass is 16.5. The molecular weight excluding hydrogens is 354 g/mol. The molecule has 0 bridgehead atoms. The highest BCUT2D eigenvalue weighted by Gasteiger charge is 2.08. The zero-order valence-electron chi connectivity index (χ0n) is 15.8. The van der Waals surface area contributed by atoms with E-state index in [-0.39, 0.29) is 5.84 Å². The van der Waals surface area contributed by atoms with Gasteiger partial charge in [-0.3, -0.25) is 0 Å². The maximum absolute atomic E-state index is 6.10. The molecule has 7 N–H and O–H groups in total. The lowest BCUT2D eigenvalue weighted by Crippen LogP contribution is -2.15. The van der Waals surface area contributed by atoms with Crippen LogP contribution in [0.4, 0.5) is 17.1 Å². The molecule has 0 aliphatic carbocycles. The van der Waals surface area contributed by atoms with Gasteiger partial charge in [-0.1, -0.05) is 12.1 Å². The number of anilines is 3. The highest BCUT2D eigenvalue weighted by Crippen LogP contribution is 2.32. The number of hydrogen-bond donors (Lipinski definition) is 4. The minimum absolute atomic E-state index is 0.236. The molecule has 7 heteroatoms. The van der Waals surface area contributed by atoms with Crippen molar-refractivity contribution in [2.24, 2.45) is 16.7 Å². The Morgan fingerprint density at radius 2 is 1.61 bits per heavy atom. The first-order valence-corrected chi connectivity index (χ1v) is 8.58. The summed E-state index contributed by atoms with van der Waals surface area (Å²) in [5.74, 6) is 6.95. The Balaban J connectivity index is 1.95. The second kappa shape index (κ2) is 8.22. The summed E-state index contributed by atoms with van der Waals surface area (Å²) in [6, 6.07) is 19.0. The van der Waals surface area contributed by atoms with Crippen molar-refractivity contribution in [3.63, 3.8) is 0 Å². The van der Waals surface area contributed by atoms with E-state index in [1.165, 1.54) is 0 Å². The molecule has 0 atom stereocenters. The standard InChI is InChI=1S/C21H23N5O2/c1-27-17-9-15(10-18(12-17)28-2)13-4-3-5-16(8-13)25-20-11-14(21(23)26-24)6-7-19(20)22/h3-12,25H,22,24H2,1-2H3,(H2,23,26). The second-order valence-electron chi connectivity index (χ2n) is 6.12. The molecule has 0 aliphatic rings. The van der Waals surface area contributed by atoms with Crippen LogP contribution in [-0.2, 0) is 0 Å². The van der Waals surface area contributed by atoms with Gasteiger partial charge in [0.25, 0.3) is 0 Å². The first-order valence-electron chi connectivity index (χ1n) is 8.58. The van der Waals surface area contributed by atoms with Crippen molar-refractivity contribution in [2.75, 3.05) is 25.3 Å². The van der Waals surface area contributed by atoms with Gasteiger partial charge in [0.2, 0.25) is 0 Å². The van der Waals surface area contributed by atoms with E-state index in [0.717, 1.165) is 28.3 Å². The van der Waals surface area contributed by atoms with Crippen molar-refractivity contribution in [3.8, 4) is 22.6 Å². The van der Waals surface area contributed by atoms with Crippen LogP contribution in [0.5, 0.6) is 11.5 Å². The monoisotopic (exact) mass is 377 g/mol. The van der Waals surface area contributed by atoms with Gasteiger partial charge in [0.05, 0.1) is 25.6 Å². The van der Waals surface area contributed by atoms with Crippen LogP contribution in [0.2, 0.25) is 0 Å². The normalized spacial score (nSPS) is 11.1. The van der Waals surface area contributed by atoms with Crippen LogP contribution in [0.3, 0.4) is 0 Å². The van der Waals surface area contributed by atoms with Crippen molar-refractivity contribution in [2.45, 2.75) is 0 Å². The Labute approximate surface area is 163 Å². The van der Waals surface area contributed by atoms with Crippen LogP contribution in [0, 0.1) is 0 Å². The lowest BCUT2D eigenvalue weighted by atomic mass is 10.0. The topological polar surface area (TPSA) is 121 Å². The molecule has 0 amide bonds. The van der Waals surface area contributed by atoms with E-state index >= 15 is 0 Å². The number of hydrogen-bond acceptors (Lipinski definition) is 6. The molecule has 7 nitrogen and oxygen atoms in total. The molecule has 0 fully saturated rings. The Bertz CT molecular complexity index is 995. The third-order valence-electron chi connectivity index (χ3n) is 4.31. The number of hydrazone groups is 1. The number of amidine groups is 1. The number of nitrogens with zero attached hydrogens (tertiary/aromatic N) is 1. The van der Waals surface area contributed by atoms with Crippen molar-refractivity contribution < 1.29 is 9.47 Å². The fraction of sp³-hybridized carbons (Fsp3) is 0.0952. The molecule has 3 aromatic rings. The van der Waals surface area contributed by atoms with Gasteiger partial charge < -0.3 is 32.1 Å². The van der Waals surface area contributed by atoms with Gasteiger partial charge in [-0.05, 0) is 53.6 Å². The van der Waals surface area contributed by atoms with Crippen LogP contribution in [0.1, 0.15) is 5.56 Å². The summed E-state index contributed by atoms with van der Waals surface area (Å²) in [6.45, 7) is 0. The van der Waals surface area contributed by atoms with Gasteiger partial charge in [0.15, 0.2) is 0 Å². The molecule has 28 heavy (non-hydrogen) atoms. The fourth-order valence-corrected chi connectivity index (χ4v) is 2.80. The molecule has 0 spiro atoms. The lowest BCUT2D eigenvalue weighted by Gasteiger charge is -2.13. The van der Waals surface area contributed by atoms with Crippen molar-refractivity contribution >= 4 is 22.9 Å². The van der Waals surface area contributed by atoms with E-state index in [0.29, 0.717) is 16.9 Å². The molecule has 0 radical (unpaired) electrons. The maximum atomic E-state index is 6.10. The van der Waals surface area contributed by atoms with Gasteiger partial charge >= 0.3 is 0 Å². The first kappa shape index (κ1) is 18.9. The summed E-state index contributed by atoms with van der Waals surface area (Å²) in [4.78, 5) is 0. The van der Waals surface area contributed by atoms with Crippen LogP contribution in [-0.4, -0.2) is 20.1 Å². The van der Waals surface area contributed by atoms with Crippen molar-refractivity contribution in [3.05, 3.63) is 66.2 Å². The average molecular weight is 377 g/mol. The second-order valence-corrected chi connectivity index (χ2v) is 6.12. The third kappa shape index (κ3) is 4.09. The average Bonchev–Trinajstić information content (AvgIpc) is 2.74. The number of nitrogens with one attached hydrogen (secondary N) is 1. The Kier molecular flexibility index (Phi) is 5.55.